The Labute approximate surface area is 206 Å². The van der Waals surface area contributed by atoms with Gasteiger partial charge in [0.25, 0.3) is 0 Å². The molecule has 7 heteroatoms. The summed E-state index contributed by atoms with van der Waals surface area (Å²) in [5.74, 6) is 1.26. The lowest BCUT2D eigenvalue weighted by atomic mass is 10.0. The largest absolute Gasteiger partial charge is 0.493 e. The fourth-order valence-corrected chi connectivity index (χ4v) is 6.00. The Morgan fingerprint density at radius 1 is 0.886 bits per heavy atom. The molecule has 0 aliphatic carbocycles. The molecule has 35 heavy (non-hydrogen) atoms. The van der Waals surface area contributed by atoms with Crippen LogP contribution < -0.4 is 9.47 Å². The van der Waals surface area contributed by atoms with Crippen LogP contribution >= 0.6 is 0 Å². The van der Waals surface area contributed by atoms with E-state index in [4.69, 9.17) is 9.47 Å². The van der Waals surface area contributed by atoms with E-state index in [1.807, 2.05) is 67.7 Å². The summed E-state index contributed by atoms with van der Waals surface area (Å²) in [6, 6.07) is 21.9. The standard InChI is InChI=1S/C28H28N2O4S/c1-29-25-12-8-7-11-23(25)24(28(29)20-9-5-4-6-10-20)14-16-35(31,32)30-15-13-21-17-26(33-2)27(34-3)18-22(21)19-30/h4-12,14,16-18H,13,15,19H2,1-3H3/b16-14+. The minimum Gasteiger partial charge on any atom is -0.493 e. The Kier molecular flexibility index (Phi) is 6.13. The molecule has 4 aromatic rings. The Morgan fingerprint density at radius 3 is 2.26 bits per heavy atom. The molecule has 0 fully saturated rings. The van der Waals surface area contributed by atoms with Gasteiger partial charge in [-0.25, -0.2) is 8.42 Å². The van der Waals surface area contributed by atoms with Crippen molar-refractivity contribution in [3.05, 3.63) is 88.8 Å². The number of aryl methyl sites for hydroxylation is 1. The second kappa shape index (κ2) is 9.24. The van der Waals surface area contributed by atoms with Crippen LogP contribution in [0.4, 0.5) is 0 Å². The number of aromatic nitrogens is 1. The number of rotatable bonds is 6. The maximum atomic E-state index is 13.4. The number of hydrogen-bond donors (Lipinski definition) is 0. The number of methoxy groups -OCH3 is 2. The van der Waals surface area contributed by atoms with Crippen LogP contribution in [0.25, 0.3) is 28.2 Å². The van der Waals surface area contributed by atoms with E-state index in [1.165, 1.54) is 9.71 Å². The van der Waals surface area contributed by atoms with Gasteiger partial charge in [0.15, 0.2) is 11.5 Å². The first-order valence-electron chi connectivity index (χ1n) is 11.5. The molecular weight excluding hydrogens is 460 g/mol. The van der Waals surface area contributed by atoms with Gasteiger partial charge in [-0.15, -0.1) is 0 Å². The van der Waals surface area contributed by atoms with E-state index in [-0.39, 0.29) is 0 Å². The minimum absolute atomic E-state index is 0.295. The highest BCUT2D eigenvalue weighted by atomic mass is 32.2. The van der Waals surface area contributed by atoms with Crippen molar-refractivity contribution < 1.29 is 17.9 Å². The maximum Gasteiger partial charge on any atom is 0.236 e. The van der Waals surface area contributed by atoms with Crippen molar-refractivity contribution in [1.82, 2.24) is 8.87 Å². The Bertz CT molecular complexity index is 1520. The Morgan fingerprint density at radius 2 is 1.54 bits per heavy atom. The summed E-state index contributed by atoms with van der Waals surface area (Å²) in [6.45, 7) is 0.708. The number of fused-ring (bicyclic) bond motifs is 2. The predicted octanol–water partition coefficient (Wildman–Crippen LogP) is 5.22. The van der Waals surface area contributed by atoms with E-state index in [0.29, 0.717) is 31.0 Å². The van der Waals surface area contributed by atoms with Gasteiger partial charge in [-0.3, -0.25) is 0 Å². The first kappa shape index (κ1) is 23.2. The SMILES string of the molecule is COc1cc2c(cc1OC)CN(S(=O)(=O)/C=C/c1c(-c3ccccc3)n(C)c3ccccc13)CC2. The van der Waals surface area contributed by atoms with Crippen LogP contribution in [-0.2, 0) is 30.0 Å². The highest BCUT2D eigenvalue weighted by molar-refractivity contribution is 7.92. The van der Waals surface area contributed by atoms with Crippen molar-refractivity contribution in [2.75, 3.05) is 20.8 Å². The lowest BCUT2D eigenvalue weighted by molar-refractivity contribution is 0.349. The third kappa shape index (κ3) is 4.22. The summed E-state index contributed by atoms with van der Waals surface area (Å²) in [5, 5.41) is 2.36. The molecule has 0 radical (unpaired) electrons. The molecule has 3 aromatic carbocycles. The van der Waals surface area contributed by atoms with Gasteiger partial charge >= 0.3 is 0 Å². The van der Waals surface area contributed by atoms with Crippen LogP contribution in [0.1, 0.15) is 16.7 Å². The number of benzene rings is 3. The van der Waals surface area contributed by atoms with Crippen molar-refractivity contribution in [2.24, 2.45) is 7.05 Å². The van der Waals surface area contributed by atoms with Gasteiger partial charge in [0.2, 0.25) is 10.0 Å². The smallest absolute Gasteiger partial charge is 0.236 e. The molecule has 1 aliphatic heterocycles. The van der Waals surface area contributed by atoms with Gasteiger partial charge in [0.1, 0.15) is 0 Å². The Hall–Kier alpha value is -3.55. The molecule has 2 heterocycles. The maximum absolute atomic E-state index is 13.4. The third-order valence-electron chi connectivity index (χ3n) is 6.64. The number of ether oxygens (including phenoxy) is 2. The zero-order valence-corrected chi connectivity index (χ0v) is 20.9. The molecule has 180 valence electrons. The lowest BCUT2D eigenvalue weighted by Gasteiger charge is -2.27. The van der Waals surface area contributed by atoms with Crippen LogP contribution in [0, 0.1) is 0 Å². The fourth-order valence-electron chi connectivity index (χ4n) is 4.85. The molecule has 0 unspecified atom stereocenters. The zero-order chi connectivity index (χ0) is 24.6. The van der Waals surface area contributed by atoms with Crippen LogP contribution in [-0.4, -0.2) is 38.1 Å². The number of nitrogens with zero attached hydrogens (tertiary/aromatic N) is 2. The van der Waals surface area contributed by atoms with E-state index in [1.54, 1.807) is 20.3 Å². The zero-order valence-electron chi connectivity index (χ0n) is 20.1. The monoisotopic (exact) mass is 488 g/mol. The molecule has 0 saturated heterocycles. The molecule has 0 bridgehead atoms. The number of para-hydroxylation sites is 1. The molecule has 0 N–H and O–H groups in total. The molecule has 5 rings (SSSR count). The van der Waals surface area contributed by atoms with E-state index >= 15 is 0 Å². The van der Waals surface area contributed by atoms with E-state index in [2.05, 4.69) is 10.6 Å². The highest BCUT2D eigenvalue weighted by Crippen LogP contribution is 2.36. The van der Waals surface area contributed by atoms with Gasteiger partial charge in [0, 0.05) is 42.0 Å². The molecule has 0 saturated carbocycles. The summed E-state index contributed by atoms with van der Waals surface area (Å²) >= 11 is 0. The second-order valence-electron chi connectivity index (χ2n) is 8.61. The average molecular weight is 489 g/mol. The average Bonchev–Trinajstić information content (AvgIpc) is 3.18. The quantitative estimate of drug-likeness (QED) is 0.373. The second-order valence-corrected chi connectivity index (χ2v) is 10.4. The molecule has 0 atom stereocenters. The van der Waals surface area contributed by atoms with E-state index in [0.717, 1.165) is 38.9 Å². The fraction of sp³-hybridized carbons (Fsp3) is 0.214. The lowest BCUT2D eigenvalue weighted by Crippen LogP contribution is -2.34. The van der Waals surface area contributed by atoms with Crippen molar-refractivity contribution in [3.8, 4) is 22.8 Å². The van der Waals surface area contributed by atoms with Gasteiger partial charge in [-0.05, 0) is 47.4 Å². The van der Waals surface area contributed by atoms with Gasteiger partial charge in [0.05, 0.1) is 19.9 Å². The highest BCUT2D eigenvalue weighted by Gasteiger charge is 2.27. The summed E-state index contributed by atoms with van der Waals surface area (Å²) < 4.78 is 41.3. The first-order valence-corrected chi connectivity index (χ1v) is 13.0. The van der Waals surface area contributed by atoms with Crippen molar-refractivity contribution in [3.63, 3.8) is 0 Å². The molecule has 1 aromatic heterocycles. The normalized spacial score (nSPS) is 14.4. The topological polar surface area (TPSA) is 60.8 Å². The van der Waals surface area contributed by atoms with Crippen LogP contribution in [0.15, 0.2) is 72.1 Å². The third-order valence-corrected chi connectivity index (χ3v) is 8.15. The predicted molar refractivity (Wildman–Crippen MR) is 140 cm³/mol. The van der Waals surface area contributed by atoms with Gasteiger partial charge < -0.3 is 14.0 Å². The Balaban J connectivity index is 1.52. The summed E-state index contributed by atoms with van der Waals surface area (Å²) in [6.07, 6.45) is 2.36. The minimum atomic E-state index is -3.65. The van der Waals surface area contributed by atoms with Crippen LogP contribution in [0.3, 0.4) is 0 Å². The van der Waals surface area contributed by atoms with E-state index < -0.39 is 10.0 Å². The number of sulfonamides is 1. The summed E-state index contributed by atoms with van der Waals surface area (Å²) in [7, 11) is 1.55. The van der Waals surface area contributed by atoms with Crippen molar-refractivity contribution in [1.29, 1.82) is 0 Å². The van der Waals surface area contributed by atoms with Crippen molar-refractivity contribution in [2.45, 2.75) is 13.0 Å². The van der Waals surface area contributed by atoms with Crippen LogP contribution in [0.5, 0.6) is 11.5 Å². The van der Waals surface area contributed by atoms with Crippen molar-refractivity contribution >= 4 is 27.0 Å². The molecule has 0 spiro atoms. The summed E-state index contributed by atoms with van der Waals surface area (Å²) in [5.41, 5.74) is 5.98. The summed E-state index contributed by atoms with van der Waals surface area (Å²) in [4.78, 5) is 0. The molecule has 1 aliphatic rings. The first-order chi connectivity index (χ1) is 16.9. The number of hydrogen-bond acceptors (Lipinski definition) is 4. The van der Waals surface area contributed by atoms with Crippen LogP contribution in [0.2, 0.25) is 0 Å². The van der Waals surface area contributed by atoms with Gasteiger partial charge in [-0.1, -0.05) is 48.5 Å². The van der Waals surface area contributed by atoms with Gasteiger partial charge in [-0.2, -0.15) is 4.31 Å². The molecular formula is C28H28N2O4S. The van der Waals surface area contributed by atoms with E-state index in [9.17, 15) is 8.42 Å². The molecule has 6 nitrogen and oxygen atoms in total. The molecule has 0 amide bonds.